The topological polar surface area (TPSA) is 66.4 Å². The number of thioether (sulfide) groups is 1. The van der Waals surface area contributed by atoms with Gasteiger partial charge < -0.3 is 10.4 Å². The number of carboxylic acids is 1. The average Bonchev–Trinajstić information content (AvgIpc) is 3.09. The highest BCUT2D eigenvalue weighted by atomic mass is 32.2. The van der Waals surface area contributed by atoms with E-state index in [1.807, 2.05) is 6.26 Å². The number of hydrogen-bond donors (Lipinski definition) is 2. The van der Waals surface area contributed by atoms with E-state index in [-0.39, 0.29) is 10.7 Å². The van der Waals surface area contributed by atoms with Gasteiger partial charge in [0.15, 0.2) is 0 Å². The predicted octanol–water partition coefficient (Wildman–Crippen LogP) is 0.863. The first-order valence-corrected chi connectivity index (χ1v) is 6.34. The zero-order chi connectivity index (χ0) is 11.1. The van der Waals surface area contributed by atoms with Gasteiger partial charge in [-0.3, -0.25) is 9.59 Å². The lowest BCUT2D eigenvalue weighted by atomic mass is 10.1. The van der Waals surface area contributed by atoms with Gasteiger partial charge in [0.25, 0.3) is 0 Å². The maximum atomic E-state index is 11.7. The summed E-state index contributed by atoms with van der Waals surface area (Å²) in [6, 6.07) is 0. The number of aliphatic carboxylic acids is 1. The lowest BCUT2D eigenvalue weighted by Gasteiger charge is -2.15. The van der Waals surface area contributed by atoms with Crippen molar-refractivity contribution in [3.63, 3.8) is 0 Å². The van der Waals surface area contributed by atoms with E-state index >= 15 is 0 Å². The van der Waals surface area contributed by atoms with E-state index in [0.29, 0.717) is 19.4 Å². The molecular formula is C10H15NO3S. The fraction of sp³-hybridized carbons (Fsp3) is 0.800. The Balaban J connectivity index is 1.86. The molecule has 2 N–H and O–H groups in total. The van der Waals surface area contributed by atoms with Crippen molar-refractivity contribution in [3.05, 3.63) is 0 Å². The molecule has 5 heteroatoms. The summed E-state index contributed by atoms with van der Waals surface area (Å²) in [6.07, 6.45) is 5.24. The normalized spacial score (nSPS) is 24.3. The van der Waals surface area contributed by atoms with Crippen LogP contribution in [-0.2, 0) is 9.59 Å². The van der Waals surface area contributed by atoms with Gasteiger partial charge >= 0.3 is 5.97 Å². The molecule has 2 aliphatic rings. The molecule has 1 amide bonds. The summed E-state index contributed by atoms with van der Waals surface area (Å²) in [6.45, 7) is 0.613. The standard InChI is InChI=1S/C10H15NO3S/c1-15-9(2-3-9)6-11-7(12)10(4-5-10)8(13)14/h2-6H2,1H3,(H,11,12)(H,13,14). The number of rotatable bonds is 5. The van der Waals surface area contributed by atoms with Gasteiger partial charge in [-0.2, -0.15) is 11.8 Å². The van der Waals surface area contributed by atoms with Crippen molar-refractivity contribution in [3.8, 4) is 0 Å². The van der Waals surface area contributed by atoms with Crippen LogP contribution in [0.25, 0.3) is 0 Å². The van der Waals surface area contributed by atoms with Crippen LogP contribution in [0.1, 0.15) is 25.7 Å². The van der Waals surface area contributed by atoms with Gasteiger partial charge in [0, 0.05) is 11.3 Å². The second-order valence-corrected chi connectivity index (χ2v) is 5.73. The van der Waals surface area contributed by atoms with Gasteiger partial charge in [0.05, 0.1) is 0 Å². The Labute approximate surface area is 92.8 Å². The molecule has 0 aliphatic heterocycles. The van der Waals surface area contributed by atoms with Crippen molar-refractivity contribution in [2.75, 3.05) is 12.8 Å². The first-order valence-electron chi connectivity index (χ1n) is 5.12. The zero-order valence-electron chi connectivity index (χ0n) is 8.71. The lowest BCUT2D eigenvalue weighted by Crippen LogP contribution is -2.40. The third-order valence-electron chi connectivity index (χ3n) is 3.41. The second kappa shape index (κ2) is 3.40. The summed E-state index contributed by atoms with van der Waals surface area (Å²) in [5.74, 6) is -1.27. The predicted molar refractivity (Wildman–Crippen MR) is 57.8 cm³/mol. The van der Waals surface area contributed by atoms with E-state index in [4.69, 9.17) is 5.11 Å². The third-order valence-corrected chi connectivity index (χ3v) is 4.82. The Hall–Kier alpha value is -0.710. The quantitative estimate of drug-likeness (QED) is 0.686. The van der Waals surface area contributed by atoms with Crippen molar-refractivity contribution in [1.29, 1.82) is 0 Å². The number of carbonyl (C=O) groups is 2. The molecule has 2 fully saturated rings. The van der Waals surface area contributed by atoms with Crippen LogP contribution in [0.3, 0.4) is 0 Å². The van der Waals surface area contributed by atoms with E-state index in [1.165, 1.54) is 0 Å². The molecule has 2 aliphatic carbocycles. The second-order valence-electron chi connectivity index (χ2n) is 4.46. The van der Waals surface area contributed by atoms with Crippen molar-refractivity contribution < 1.29 is 14.7 Å². The SMILES string of the molecule is CSC1(CNC(=O)C2(C(=O)O)CC2)CC1. The molecule has 0 aromatic rings. The number of nitrogens with one attached hydrogen (secondary N) is 1. The molecule has 2 saturated carbocycles. The molecular weight excluding hydrogens is 214 g/mol. The van der Waals surface area contributed by atoms with Crippen LogP contribution >= 0.6 is 11.8 Å². The van der Waals surface area contributed by atoms with Gasteiger partial charge in [-0.25, -0.2) is 0 Å². The third kappa shape index (κ3) is 1.85. The van der Waals surface area contributed by atoms with Crippen molar-refractivity contribution in [2.24, 2.45) is 5.41 Å². The fourth-order valence-corrected chi connectivity index (χ4v) is 2.39. The van der Waals surface area contributed by atoms with E-state index in [1.54, 1.807) is 11.8 Å². The Morgan fingerprint density at radius 3 is 2.27 bits per heavy atom. The van der Waals surface area contributed by atoms with Crippen molar-refractivity contribution in [1.82, 2.24) is 5.32 Å². The van der Waals surface area contributed by atoms with Crippen molar-refractivity contribution in [2.45, 2.75) is 30.4 Å². The molecule has 0 saturated heterocycles. The summed E-state index contributed by atoms with van der Waals surface area (Å²) in [4.78, 5) is 22.5. The Bertz CT molecular complexity index is 308. The van der Waals surface area contributed by atoms with Crippen LogP contribution in [-0.4, -0.2) is 34.5 Å². The first-order chi connectivity index (χ1) is 7.05. The van der Waals surface area contributed by atoms with E-state index < -0.39 is 11.4 Å². The van der Waals surface area contributed by atoms with Gasteiger partial charge in [-0.15, -0.1) is 0 Å². The van der Waals surface area contributed by atoms with E-state index in [2.05, 4.69) is 5.32 Å². The average molecular weight is 229 g/mol. The highest BCUT2D eigenvalue weighted by molar-refractivity contribution is 8.00. The van der Waals surface area contributed by atoms with Gasteiger partial charge in [0.2, 0.25) is 5.91 Å². The van der Waals surface area contributed by atoms with Crippen LogP contribution in [0.5, 0.6) is 0 Å². The number of carboxylic acid groups (broad SMARTS) is 1. The molecule has 0 atom stereocenters. The molecule has 0 aromatic carbocycles. The molecule has 0 spiro atoms. The maximum absolute atomic E-state index is 11.7. The molecule has 15 heavy (non-hydrogen) atoms. The Morgan fingerprint density at radius 1 is 1.33 bits per heavy atom. The van der Waals surface area contributed by atoms with Gasteiger partial charge in [-0.1, -0.05) is 0 Å². The van der Waals surface area contributed by atoms with Gasteiger partial charge in [0.1, 0.15) is 5.41 Å². The number of amides is 1. The lowest BCUT2D eigenvalue weighted by molar-refractivity contribution is -0.149. The zero-order valence-corrected chi connectivity index (χ0v) is 9.52. The van der Waals surface area contributed by atoms with Crippen LogP contribution in [0.2, 0.25) is 0 Å². The van der Waals surface area contributed by atoms with Crippen LogP contribution in [0.15, 0.2) is 0 Å². The summed E-state index contributed by atoms with van der Waals surface area (Å²) in [5, 5.41) is 11.7. The molecule has 0 heterocycles. The molecule has 0 unspecified atom stereocenters. The van der Waals surface area contributed by atoms with Crippen LogP contribution < -0.4 is 5.32 Å². The molecule has 0 radical (unpaired) electrons. The summed E-state index contributed by atoms with van der Waals surface area (Å²) >= 11 is 1.76. The first kappa shape index (κ1) is 10.8. The van der Waals surface area contributed by atoms with Crippen LogP contribution in [0.4, 0.5) is 0 Å². The largest absolute Gasteiger partial charge is 0.480 e. The van der Waals surface area contributed by atoms with Gasteiger partial charge in [-0.05, 0) is 31.9 Å². The smallest absolute Gasteiger partial charge is 0.319 e. The van der Waals surface area contributed by atoms with Crippen molar-refractivity contribution >= 4 is 23.6 Å². The summed E-state index contributed by atoms with van der Waals surface area (Å²) in [5.41, 5.74) is -1.09. The van der Waals surface area contributed by atoms with E-state index in [0.717, 1.165) is 12.8 Å². The minimum absolute atomic E-state index is 0.199. The number of carbonyl (C=O) groups excluding carboxylic acids is 1. The molecule has 2 rings (SSSR count). The fourth-order valence-electron chi connectivity index (χ4n) is 1.67. The Morgan fingerprint density at radius 2 is 1.93 bits per heavy atom. The molecule has 0 bridgehead atoms. The van der Waals surface area contributed by atoms with E-state index in [9.17, 15) is 9.59 Å². The molecule has 4 nitrogen and oxygen atoms in total. The highest BCUT2D eigenvalue weighted by Gasteiger charge is 2.57. The summed E-state index contributed by atoms with van der Waals surface area (Å²) in [7, 11) is 0. The number of hydrogen-bond acceptors (Lipinski definition) is 3. The molecule has 0 aromatic heterocycles. The monoisotopic (exact) mass is 229 g/mol. The Kier molecular flexibility index (Phi) is 2.45. The minimum Gasteiger partial charge on any atom is -0.480 e. The highest BCUT2D eigenvalue weighted by Crippen LogP contribution is 2.48. The molecule has 84 valence electrons. The summed E-state index contributed by atoms with van der Waals surface area (Å²) < 4.78 is 0.199. The van der Waals surface area contributed by atoms with Crippen LogP contribution in [0, 0.1) is 5.41 Å². The minimum atomic E-state index is -1.09. The maximum Gasteiger partial charge on any atom is 0.319 e.